The average molecular weight is 291 g/mol. The number of ether oxygens (including phenoxy) is 2. The number of methoxy groups -OCH3 is 2. The van der Waals surface area contributed by atoms with Gasteiger partial charge < -0.3 is 14.8 Å². The van der Waals surface area contributed by atoms with Crippen LogP contribution in [0.3, 0.4) is 0 Å². The number of anilines is 1. The van der Waals surface area contributed by atoms with Gasteiger partial charge in [0.15, 0.2) is 11.6 Å². The van der Waals surface area contributed by atoms with E-state index in [0.717, 1.165) is 12.8 Å². The lowest BCUT2D eigenvalue weighted by Gasteiger charge is -2.19. The predicted octanol–water partition coefficient (Wildman–Crippen LogP) is 2.99. The van der Waals surface area contributed by atoms with Gasteiger partial charge in [-0.25, -0.2) is 4.39 Å². The van der Waals surface area contributed by atoms with Crippen molar-refractivity contribution < 1.29 is 18.7 Å². The summed E-state index contributed by atoms with van der Waals surface area (Å²) in [7, 11) is 2.86. The number of allylic oxidation sites excluding steroid dienone is 2. The zero-order valence-electron chi connectivity index (χ0n) is 12.1. The van der Waals surface area contributed by atoms with Gasteiger partial charge >= 0.3 is 0 Å². The minimum Gasteiger partial charge on any atom is -0.494 e. The van der Waals surface area contributed by atoms with Crippen molar-refractivity contribution in [2.24, 2.45) is 17.8 Å². The molecule has 112 valence electrons. The maximum absolute atomic E-state index is 13.8. The second-order valence-electron chi connectivity index (χ2n) is 5.56. The van der Waals surface area contributed by atoms with Crippen molar-refractivity contribution in [3.8, 4) is 11.5 Å². The Morgan fingerprint density at radius 2 is 1.95 bits per heavy atom. The Bertz CT molecular complexity index is 599. The normalized spacial score (nSPS) is 26.0. The van der Waals surface area contributed by atoms with Crippen molar-refractivity contribution in [3.05, 3.63) is 30.1 Å². The number of carbonyl (C=O) groups excluding carboxylic acids is 1. The molecule has 1 aromatic carbocycles. The molecular weight excluding hydrogens is 273 g/mol. The first-order valence-electron chi connectivity index (χ1n) is 7.03. The van der Waals surface area contributed by atoms with Crippen LogP contribution in [0.1, 0.15) is 12.8 Å². The lowest BCUT2D eigenvalue weighted by molar-refractivity contribution is -0.120. The van der Waals surface area contributed by atoms with Crippen LogP contribution in [-0.2, 0) is 4.79 Å². The number of nitrogens with one attached hydrogen (secondary N) is 1. The van der Waals surface area contributed by atoms with E-state index < -0.39 is 5.82 Å². The minimum atomic E-state index is -0.526. The third kappa shape index (κ3) is 2.48. The summed E-state index contributed by atoms with van der Waals surface area (Å²) in [6.45, 7) is 0. The van der Waals surface area contributed by atoms with Crippen LogP contribution in [-0.4, -0.2) is 20.1 Å². The molecule has 0 radical (unpaired) electrons. The summed E-state index contributed by atoms with van der Waals surface area (Å²) in [5, 5.41) is 2.79. The van der Waals surface area contributed by atoms with Gasteiger partial charge in [0.05, 0.1) is 19.9 Å². The molecule has 2 aliphatic rings. The van der Waals surface area contributed by atoms with E-state index in [1.54, 1.807) is 0 Å². The Labute approximate surface area is 122 Å². The van der Waals surface area contributed by atoms with Gasteiger partial charge in [-0.15, -0.1) is 0 Å². The molecular formula is C16H18FNO3. The smallest absolute Gasteiger partial charge is 0.228 e. The van der Waals surface area contributed by atoms with E-state index in [2.05, 4.69) is 17.5 Å². The van der Waals surface area contributed by atoms with Crippen LogP contribution in [0.15, 0.2) is 24.3 Å². The molecule has 0 aromatic heterocycles. The average Bonchev–Trinajstić information content (AvgIpc) is 3.10. The Balaban J connectivity index is 1.79. The summed E-state index contributed by atoms with van der Waals surface area (Å²) in [4.78, 5) is 12.4. The van der Waals surface area contributed by atoms with Gasteiger partial charge in [-0.1, -0.05) is 12.2 Å². The summed E-state index contributed by atoms with van der Waals surface area (Å²) in [6, 6.07) is 2.67. The highest BCUT2D eigenvalue weighted by Gasteiger charge is 2.39. The van der Waals surface area contributed by atoms with Crippen LogP contribution in [0.4, 0.5) is 10.1 Å². The molecule has 1 saturated carbocycles. The Hall–Kier alpha value is -2.04. The maximum Gasteiger partial charge on any atom is 0.228 e. The number of hydrogen-bond acceptors (Lipinski definition) is 3. The van der Waals surface area contributed by atoms with Crippen molar-refractivity contribution in [1.82, 2.24) is 0 Å². The van der Waals surface area contributed by atoms with Gasteiger partial charge in [0.25, 0.3) is 0 Å². The van der Waals surface area contributed by atoms with Crippen molar-refractivity contribution in [1.29, 1.82) is 0 Å². The third-order valence-corrected chi connectivity index (χ3v) is 4.35. The first-order chi connectivity index (χ1) is 10.1. The highest BCUT2D eigenvalue weighted by molar-refractivity contribution is 5.94. The number of benzene rings is 1. The van der Waals surface area contributed by atoms with E-state index in [0.29, 0.717) is 23.3 Å². The van der Waals surface area contributed by atoms with Gasteiger partial charge in [-0.2, -0.15) is 0 Å². The fourth-order valence-corrected chi connectivity index (χ4v) is 3.27. The lowest BCUT2D eigenvalue weighted by atomic mass is 9.93. The second kappa shape index (κ2) is 5.39. The SMILES string of the molecule is COc1cc(OC)c(NC(=O)[C@H]2C[C@H]3C=C[C@H]2C3)cc1F. The van der Waals surface area contributed by atoms with Crippen molar-refractivity contribution in [2.75, 3.05) is 19.5 Å². The van der Waals surface area contributed by atoms with Crippen LogP contribution in [0, 0.1) is 23.6 Å². The molecule has 1 fully saturated rings. The highest BCUT2D eigenvalue weighted by Crippen LogP contribution is 2.44. The summed E-state index contributed by atoms with van der Waals surface area (Å²) in [6.07, 6.45) is 6.21. The quantitative estimate of drug-likeness (QED) is 0.868. The molecule has 21 heavy (non-hydrogen) atoms. The molecule has 0 spiro atoms. The Morgan fingerprint density at radius 3 is 2.52 bits per heavy atom. The molecule has 3 rings (SSSR count). The standard InChI is InChI=1S/C16H18FNO3/c1-20-14-8-15(21-2)13(7-12(14)17)18-16(19)11-6-9-3-4-10(11)5-9/h3-4,7-11H,5-6H2,1-2H3,(H,18,19)/t9-,10-,11-/m0/s1. The monoisotopic (exact) mass is 291 g/mol. The molecule has 0 heterocycles. The van der Waals surface area contributed by atoms with Crippen LogP contribution < -0.4 is 14.8 Å². The number of hydrogen-bond donors (Lipinski definition) is 1. The lowest BCUT2D eigenvalue weighted by Crippen LogP contribution is -2.26. The summed E-state index contributed by atoms with van der Waals surface area (Å²) >= 11 is 0. The van der Waals surface area contributed by atoms with E-state index in [9.17, 15) is 9.18 Å². The number of amides is 1. The fraction of sp³-hybridized carbons (Fsp3) is 0.438. The topological polar surface area (TPSA) is 47.6 Å². The van der Waals surface area contributed by atoms with Crippen LogP contribution in [0.2, 0.25) is 0 Å². The zero-order valence-corrected chi connectivity index (χ0v) is 12.1. The summed E-state index contributed by atoms with van der Waals surface area (Å²) in [5.41, 5.74) is 0.340. The molecule has 4 nitrogen and oxygen atoms in total. The van der Waals surface area contributed by atoms with Crippen molar-refractivity contribution >= 4 is 11.6 Å². The van der Waals surface area contributed by atoms with E-state index in [1.165, 1.54) is 26.4 Å². The van der Waals surface area contributed by atoms with Gasteiger partial charge in [-0.05, 0) is 24.7 Å². The zero-order chi connectivity index (χ0) is 15.0. The molecule has 1 aromatic rings. The largest absolute Gasteiger partial charge is 0.494 e. The molecule has 0 saturated heterocycles. The van der Waals surface area contributed by atoms with Gasteiger partial charge in [-0.3, -0.25) is 4.79 Å². The number of halogens is 1. The first-order valence-corrected chi connectivity index (χ1v) is 7.03. The molecule has 5 heteroatoms. The predicted molar refractivity (Wildman–Crippen MR) is 77.0 cm³/mol. The highest BCUT2D eigenvalue weighted by atomic mass is 19.1. The molecule has 2 aliphatic carbocycles. The van der Waals surface area contributed by atoms with Gasteiger partial charge in [0.1, 0.15) is 5.75 Å². The minimum absolute atomic E-state index is 0.0325. The fourth-order valence-electron chi connectivity index (χ4n) is 3.27. The molecule has 1 amide bonds. The Kier molecular flexibility index (Phi) is 3.57. The molecule has 0 unspecified atom stereocenters. The third-order valence-electron chi connectivity index (χ3n) is 4.35. The van der Waals surface area contributed by atoms with Crippen molar-refractivity contribution in [3.63, 3.8) is 0 Å². The van der Waals surface area contributed by atoms with Crippen LogP contribution in [0.25, 0.3) is 0 Å². The second-order valence-corrected chi connectivity index (χ2v) is 5.56. The van der Waals surface area contributed by atoms with E-state index in [4.69, 9.17) is 9.47 Å². The van der Waals surface area contributed by atoms with E-state index in [-0.39, 0.29) is 17.6 Å². The summed E-state index contributed by atoms with van der Waals surface area (Å²) in [5.74, 6) is 0.670. The van der Waals surface area contributed by atoms with Crippen molar-refractivity contribution in [2.45, 2.75) is 12.8 Å². The molecule has 2 bridgehead atoms. The van der Waals surface area contributed by atoms with E-state index in [1.807, 2.05) is 0 Å². The summed E-state index contributed by atoms with van der Waals surface area (Å²) < 4.78 is 23.9. The molecule has 0 aliphatic heterocycles. The number of carbonyl (C=O) groups is 1. The Morgan fingerprint density at radius 1 is 1.19 bits per heavy atom. The van der Waals surface area contributed by atoms with Crippen LogP contribution in [0.5, 0.6) is 11.5 Å². The maximum atomic E-state index is 13.8. The van der Waals surface area contributed by atoms with Gasteiger partial charge in [0.2, 0.25) is 5.91 Å². The number of fused-ring (bicyclic) bond motifs is 2. The first kappa shape index (κ1) is 13.9. The molecule has 1 N–H and O–H groups in total. The van der Waals surface area contributed by atoms with Crippen LogP contribution >= 0.6 is 0 Å². The number of rotatable bonds is 4. The van der Waals surface area contributed by atoms with Gasteiger partial charge in [0, 0.05) is 18.1 Å². The molecule has 3 atom stereocenters. The van der Waals surface area contributed by atoms with E-state index >= 15 is 0 Å².